The minimum atomic E-state index is -4.67. The molecule has 0 saturated carbocycles. The van der Waals surface area contributed by atoms with Crippen LogP contribution in [-0.4, -0.2) is 21.6 Å². The van der Waals surface area contributed by atoms with E-state index in [1.807, 2.05) is 10.9 Å². The summed E-state index contributed by atoms with van der Waals surface area (Å²) >= 11 is 0. The summed E-state index contributed by atoms with van der Waals surface area (Å²) in [4.78, 5) is 36.2. The normalized spacial score (nSPS) is 11.2. The molecule has 2 N–H and O–H groups in total. The topological polar surface area (TPSA) is 106 Å². The molecule has 0 aliphatic carbocycles. The molecule has 2 aromatic heterocycles. The van der Waals surface area contributed by atoms with Gasteiger partial charge in [-0.05, 0) is 31.2 Å². The zero-order valence-electron chi connectivity index (χ0n) is 14.8. The fourth-order valence-corrected chi connectivity index (χ4v) is 2.49. The molecule has 0 fully saturated rings. The van der Waals surface area contributed by atoms with Crippen molar-refractivity contribution in [2.75, 3.05) is 0 Å². The maximum absolute atomic E-state index is 13.3. The van der Waals surface area contributed by atoms with E-state index < -0.39 is 34.7 Å². The molecule has 150 valence electrons. The number of hydrazine groups is 1. The number of amides is 2. The van der Waals surface area contributed by atoms with E-state index in [2.05, 4.69) is 5.10 Å². The van der Waals surface area contributed by atoms with E-state index in [0.717, 1.165) is 22.9 Å². The van der Waals surface area contributed by atoms with Gasteiger partial charge in [0.1, 0.15) is 0 Å². The van der Waals surface area contributed by atoms with Gasteiger partial charge in [0.15, 0.2) is 11.5 Å². The van der Waals surface area contributed by atoms with E-state index in [4.69, 9.17) is 4.42 Å². The lowest BCUT2D eigenvalue weighted by Crippen LogP contribution is -2.44. The Balaban J connectivity index is 1.94. The maximum atomic E-state index is 13.3. The summed E-state index contributed by atoms with van der Waals surface area (Å²) in [5.41, 5.74) is 1.21. The van der Waals surface area contributed by atoms with Crippen molar-refractivity contribution >= 4 is 11.8 Å². The lowest BCUT2D eigenvalue weighted by Gasteiger charge is -2.16. The first kappa shape index (κ1) is 19.9. The van der Waals surface area contributed by atoms with Crippen molar-refractivity contribution < 1.29 is 27.2 Å². The highest BCUT2D eigenvalue weighted by atomic mass is 19.4. The van der Waals surface area contributed by atoms with Crippen LogP contribution in [0.1, 0.15) is 32.3 Å². The van der Waals surface area contributed by atoms with Crippen molar-refractivity contribution in [3.05, 3.63) is 81.7 Å². The quantitative estimate of drug-likeness (QED) is 0.649. The number of rotatable bonds is 3. The first-order chi connectivity index (χ1) is 13.7. The van der Waals surface area contributed by atoms with Crippen LogP contribution < -0.4 is 16.3 Å². The molecule has 0 bridgehead atoms. The molecule has 11 heteroatoms. The first-order valence-corrected chi connectivity index (χ1v) is 8.10. The zero-order valence-corrected chi connectivity index (χ0v) is 14.8. The molecular weight excluding hydrogens is 393 g/mol. The van der Waals surface area contributed by atoms with Crippen LogP contribution in [0.3, 0.4) is 0 Å². The third-order valence-corrected chi connectivity index (χ3v) is 3.79. The SMILES string of the molecule is Cc1cc(=O)c(C(=O)NNC(=O)c2ccco2)nn1-c1ccccc1C(F)(F)F. The fraction of sp³-hybridized carbons (Fsp3) is 0.111. The third kappa shape index (κ3) is 4.18. The van der Waals surface area contributed by atoms with E-state index >= 15 is 0 Å². The number of hydrogen-bond acceptors (Lipinski definition) is 5. The lowest BCUT2D eigenvalue weighted by molar-refractivity contribution is -0.137. The molecule has 3 aromatic rings. The van der Waals surface area contributed by atoms with Gasteiger partial charge in [-0.3, -0.25) is 25.2 Å². The Morgan fingerprint density at radius 3 is 2.41 bits per heavy atom. The summed E-state index contributed by atoms with van der Waals surface area (Å²) in [6, 6.07) is 8.37. The Morgan fingerprint density at radius 1 is 1.07 bits per heavy atom. The highest BCUT2D eigenvalue weighted by Crippen LogP contribution is 2.33. The molecular formula is C18H13F3N4O4. The summed E-state index contributed by atoms with van der Waals surface area (Å²) in [6.07, 6.45) is -3.43. The summed E-state index contributed by atoms with van der Waals surface area (Å²) in [6.45, 7) is 1.38. The molecule has 0 aliphatic rings. The van der Waals surface area contributed by atoms with Gasteiger partial charge in [-0.1, -0.05) is 12.1 Å². The third-order valence-electron chi connectivity index (χ3n) is 3.79. The second-order valence-electron chi connectivity index (χ2n) is 5.81. The van der Waals surface area contributed by atoms with Crippen molar-refractivity contribution in [2.24, 2.45) is 0 Å². The zero-order chi connectivity index (χ0) is 21.2. The summed E-state index contributed by atoms with van der Waals surface area (Å²) in [7, 11) is 0. The molecule has 2 heterocycles. The summed E-state index contributed by atoms with van der Waals surface area (Å²) in [5, 5.41) is 3.77. The molecule has 0 unspecified atom stereocenters. The Morgan fingerprint density at radius 2 is 1.76 bits per heavy atom. The van der Waals surface area contributed by atoms with Gasteiger partial charge in [0.25, 0.3) is 5.91 Å². The van der Waals surface area contributed by atoms with Crippen molar-refractivity contribution in [1.29, 1.82) is 0 Å². The molecule has 0 atom stereocenters. The van der Waals surface area contributed by atoms with Crippen molar-refractivity contribution in [1.82, 2.24) is 20.6 Å². The van der Waals surface area contributed by atoms with E-state index in [-0.39, 0.29) is 17.1 Å². The number of alkyl halides is 3. The predicted octanol–water partition coefficient (Wildman–Crippen LogP) is 2.23. The average Bonchev–Trinajstić information content (AvgIpc) is 3.20. The highest BCUT2D eigenvalue weighted by molar-refractivity contribution is 5.96. The number of furan rings is 1. The molecule has 1 aromatic carbocycles. The van der Waals surface area contributed by atoms with Crippen LogP contribution in [0.15, 0.2) is 57.9 Å². The number of hydrogen-bond donors (Lipinski definition) is 2. The van der Waals surface area contributed by atoms with E-state index in [1.54, 1.807) is 0 Å². The molecule has 0 spiro atoms. The van der Waals surface area contributed by atoms with Crippen molar-refractivity contribution in [3.63, 3.8) is 0 Å². The van der Waals surface area contributed by atoms with E-state index in [9.17, 15) is 27.6 Å². The smallest absolute Gasteiger partial charge is 0.418 e. The molecule has 0 aliphatic heterocycles. The molecule has 3 rings (SSSR count). The predicted molar refractivity (Wildman–Crippen MR) is 93.2 cm³/mol. The van der Waals surface area contributed by atoms with Crippen LogP contribution in [0.25, 0.3) is 5.69 Å². The summed E-state index contributed by atoms with van der Waals surface area (Å²) in [5.74, 6) is -2.00. The molecule has 0 saturated heterocycles. The van der Waals surface area contributed by atoms with Gasteiger partial charge in [0, 0.05) is 11.8 Å². The molecule has 29 heavy (non-hydrogen) atoms. The number of aryl methyl sites for hydroxylation is 1. The van der Waals surface area contributed by atoms with Crippen molar-refractivity contribution in [3.8, 4) is 5.69 Å². The average molecular weight is 406 g/mol. The standard InChI is InChI=1S/C18H13F3N4O4/c1-10-9-13(26)15(17(28)23-22-16(27)14-7-4-8-29-14)24-25(10)12-6-3-2-5-11(12)18(19,20)21/h2-9H,1H3,(H,22,27)(H,23,28). The molecule has 2 amide bonds. The maximum Gasteiger partial charge on any atom is 0.418 e. The van der Waals surface area contributed by atoms with Crippen LogP contribution in [0.5, 0.6) is 0 Å². The number of nitrogens with zero attached hydrogens (tertiary/aromatic N) is 2. The Kier molecular flexibility index (Phi) is 5.22. The van der Waals surface area contributed by atoms with Gasteiger partial charge < -0.3 is 4.42 Å². The monoisotopic (exact) mass is 406 g/mol. The van der Waals surface area contributed by atoms with Gasteiger partial charge >= 0.3 is 12.1 Å². The second-order valence-corrected chi connectivity index (χ2v) is 5.81. The molecule has 8 nitrogen and oxygen atoms in total. The van der Waals surface area contributed by atoms with Crippen LogP contribution in [0.4, 0.5) is 13.2 Å². The number of aromatic nitrogens is 2. The minimum absolute atomic E-state index is 0.0860. The molecule has 0 radical (unpaired) electrons. The highest BCUT2D eigenvalue weighted by Gasteiger charge is 2.34. The van der Waals surface area contributed by atoms with Gasteiger partial charge in [0.05, 0.1) is 17.5 Å². The fourth-order valence-electron chi connectivity index (χ4n) is 2.49. The van der Waals surface area contributed by atoms with Gasteiger partial charge in [-0.15, -0.1) is 0 Å². The van der Waals surface area contributed by atoms with E-state index in [0.29, 0.717) is 0 Å². The Labute approximate surface area is 160 Å². The van der Waals surface area contributed by atoms with Gasteiger partial charge in [-0.2, -0.15) is 18.3 Å². The first-order valence-electron chi connectivity index (χ1n) is 8.10. The number of nitrogens with one attached hydrogen (secondary N) is 2. The van der Waals surface area contributed by atoms with Crippen LogP contribution in [0, 0.1) is 6.92 Å². The minimum Gasteiger partial charge on any atom is -0.459 e. The largest absolute Gasteiger partial charge is 0.459 e. The Hall–Kier alpha value is -3.89. The van der Waals surface area contributed by atoms with E-state index in [1.165, 1.54) is 37.5 Å². The number of carbonyl (C=O) groups is 2. The Bertz CT molecular complexity index is 1120. The van der Waals surface area contributed by atoms with Gasteiger partial charge in [-0.25, -0.2) is 4.68 Å². The number of carbonyl (C=O) groups excluding carboxylic acids is 2. The lowest BCUT2D eigenvalue weighted by atomic mass is 10.1. The van der Waals surface area contributed by atoms with Crippen molar-refractivity contribution in [2.45, 2.75) is 13.1 Å². The summed E-state index contributed by atoms with van der Waals surface area (Å²) < 4.78 is 45.6. The van der Waals surface area contributed by atoms with Gasteiger partial charge in [0.2, 0.25) is 5.43 Å². The van der Waals surface area contributed by atoms with Crippen LogP contribution in [0.2, 0.25) is 0 Å². The number of halogens is 3. The second kappa shape index (κ2) is 7.62. The van der Waals surface area contributed by atoms with Crippen LogP contribution in [-0.2, 0) is 6.18 Å². The number of benzene rings is 1. The number of para-hydroxylation sites is 1. The van der Waals surface area contributed by atoms with Crippen LogP contribution >= 0.6 is 0 Å².